The summed E-state index contributed by atoms with van der Waals surface area (Å²) < 4.78 is 0. The Hall–Kier alpha value is -0.770. The minimum Gasteiger partial charge on any atom is -0.354 e. The predicted octanol–water partition coefficient (Wildman–Crippen LogP) is 3.36. The van der Waals surface area contributed by atoms with Crippen LogP contribution in [0.1, 0.15) is 32.8 Å². The first kappa shape index (κ1) is 13.3. The van der Waals surface area contributed by atoms with Gasteiger partial charge >= 0.3 is 0 Å². The van der Waals surface area contributed by atoms with Crippen LogP contribution in [0.5, 0.6) is 0 Å². The first-order valence-corrected chi connectivity index (χ1v) is 6.82. The lowest BCUT2D eigenvalue weighted by atomic mass is 10.2. The summed E-state index contributed by atoms with van der Waals surface area (Å²) in [6.07, 6.45) is 3.12. The summed E-state index contributed by atoms with van der Waals surface area (Å²) in [7, 11) is 0. The second-order valence-corrected chi connectivity index (χ2v) is 5.33. The lowest BCUT2D eigenvalue weighted by Gasteiger charge is -2.08. The molecule has 0 spiro atoms. The van der Waals surface area contributed by atoms with E-state index in [0.717, 1.165) is 34.8 Å². The summed E-state index contributed by atoms with van der Waals surface area (Å²) in [5, 5.41) is 4.24. The molecule has 1 aromatic heterocycles. The van der Waals surface area contributed by atoms with Crippen LogP contribution in [0.15, 0.2) is 11.2 Å². The minimum absolute atomic E-state index is 0.736. The molecule has 0 aliphatic carbocycles. The van der Waals surface area contributed by atoms with E-state index in [-0.39, 0.29) is 0 Å². The molecular weight excluding hydrogens is 218 g/mol. The van der Waals surface area contributed by atoms with Crippen LogP contribution < -0.4 is 5.32 Å². The molecule has 90 valence electrons. The normalized spacial score (nSPS) is 10.8. The van der Waals surface area contributed by atoms with Crippen molar-refractivity contribution in [3.05, 3.63) is 11.8 Å². The maximum absolute atomic E-state index is 4.50. The number of nitrogens with zero attached hydrogens (tertiary/aromatic N) is 2. The van der Waals surface area contributed by atoms with E-state index in [0.29, 0.717) is 0 Å². The topological polar surface area (TPSA) is 37.8 Å². The van der Waals surface area contributed by atoms with Crippen molar-refractivity contribution < 1.29 is 0 Å². The number of aryl methyl sites for hydroxylation is 1. The van der Waals surface area contributed by atoms with E-state index in [1.165, 1.54) is 6.42 Å². The van der Waals surface area contributed by atoms with Crippen molar-refractivity contribution in [2.24, 2.45) is 5.92 Å². The maximum atomic E-state index is 4.50. The van der Waals surface area contributed by atoms with Gasteiger partial charge in [-0.2, -0.15) is 0 Å². The van der Waals surface area contributed by atoms with Gasteiger partial charge in [0.15, 0.2) is 0 Å². The fourth-order valence-corrected chi connectivity index (χ4v) is 2.42. The van der Waals surface area contributed by atoms with E-state index >= 15 is 0 Å². The summed E-state index contributed by atoms with van der Waals surface area (Å²) in [5.41, 5.74) is 1.16. The van der Waals surface area contributed by atoms with Crippen molar-refractivity contribution in [3.63, 3.8) is 0 Å². The lowest BCUT2D eigenvalue weighted by molar-refractivity contribution is 0.632. The highest BCUT2D eigenvalue weighted by Crippen LogP contribution is 2.22. The van der Waals surface area contributed by atoms with Gasteiger partial charge in [0.05, 0.1) is 0 Å². The molecule has 0 saturated carbocycles. The second kappa shape index (κ2) is 6.74. The molecule has 4 heteroatoms. The molecule has 0 aromatic carbocycles. The first-order chi connectivity index (χ1) is 7.63. The Morgan fingerprint density at radius 2 is 2.19 bits per heavy atom. The zero-order valence-corrected chi connectivity index (χ0v) is 11.4. The average molecular weight is 239 g/mol. The van der Waals surface area contributed by atoms with Gasteiger partial charge in [-0.3, -0.25) is 0 Å². The van der Waals surface area contributed by atoms with Gasteiger partial charge < -0.3 is 5.32 Å². The lowest BCUT2D eigenvalue weighted by Crippen LogP contribution is -2.03. The van der Waals surface area contributed by atoms with Crippen molar-refractivity contribution >= 4 is 17.7 Å². The first-order valence-electron chi connectivity index (χ1n) is 5.83. The van der Waals surface area contributed by atoms with Crippen LogP contribution in [0.3, 0.4) is 0 Å². The molecule has 3 nitrogen and oxygen atoms in total. The maximum Gasteiger partial charge on any atom is 0.223 e. The molecule has 0 unspecified atom stereocenters. The van der Waals surface area contributed by atoms with Crippen LogP contribution in [0.25, 0.3) is 0 Å². The van der Waals surface area contributed by atoms with E-state index < -0.39 is 0 Å². The Morgan fingerprint density at radius 1 is 1.44 bits per heavy atom. The van der Waals surface area contributed by atoms with Gasteiger partial charge in [0, 0.05) is 12.7 Å². The fraction of sp³-hybridized carbons (Fsp3) is 0.667. The van der Waals surface area contributed by atoms with Gasteiger partial charge in [-0.15, -0.1) is 11.8 Å². The second-order valence-electron chi connectivity index (χ2n) is 4.24. The van der Waals surface area contributed by atoms with Gasteiger partial charge in [0.2, 0.25) is 5.95 Å². The molecule has 1 N–H and O–H groups in total. The van der Waals surface area contributed by atoms with Crippen LogP contribution in [-0.2, 0) is 0 Å². The highest BCUT2D eigenvalue weighted by Gasteiger charge is 2.04. The summed E-state index contributed by atoms with van der Waals surface area (Å²) in [6, 6.07) is 0. The van der Waals surface area contributed by atoms with E-state index in [4.69, 9.17) is 0 Å². The Labute approximate surface area is 102 Å². The molecule has 0 aliphatic heterocycles. The summed E-state index contributed by atoms with van der Waals surface area (Å²) >= 11 is 1.82. The molecule has 0 fully saturated rings. The Morgan fingerprint density at radius 3 is 2.81 bits per heavy atom. The molecular formula is C12H21N3S. The summed E-state index contributed by atoms with van der Waals surface area (Å²) in [6.45, 7) is 9.47. The Kier molecular flexibility index (Phi) is 5.60. The van der Waals surface area contributed by atoms with Gasteiger partial charge in [-0.1, -0.05) is 13.8 Å². The van der Waals surface area contributed by atoms with Gasteiger partial charge in [-0.05, 0) is 37.5 Å². The molecule has 0 radical (unpaired) electrons. The summed E-state index contributed by atoms with van der Waals surface area (Å²) in [4.78, 5) is 8.74. The Balaban J connectivity index is 2.59. The molecule has 0 atom stereocenters. The molecule has 1 heterocycles. The number of nitrogens with one attached hydrogen (secondary N) is 1. The van der Waals surface area contributed by atoms with Crippen LogP contribution in [-0.4, -0.2) is 22.3 Å². The molecule has 0 saturated heterocycles. The molecule has 0 aliphatic rings. The number of thioether (sulfide) groups is 1. The monoisotopic (exact) mass is 239 g/mol. The average Bonchev–Trinajstić information content (AvgIpc) is 2.22. The van der Waals surface area contributed by atoms with Gasteiger partial charge in [-0.25, -0.2) is 9.97 Å². The van der Waals surface area contributed by atoms with Gasteiger partial charge in [0.1, 0.15) is 5.03 Å². The molecule has 1 aromatic rings. The molecule has 1 rings (SSSR count). The smallest absolute Gasteiger partial charge is 0.223 e. The van der Waals surface area contributed by atoms with E-state index in [1.807, 2.05) is 18.0 Å². The molecule has 0 bridgehead atoms. The Bertz CT molecular complexity index is 326. The quantitative estimate of drug-likeness (QED) is 0.610. The van der Waals surface area contributed by atoms with Crippen LogP contribution in [0.4, 0.5) is 5.95 Å². The van der Waals surface area contributed by atoms with E-state index in [2.05, 4.69) is 43.0 Å². The van der Waals surface area contributed by atoms with Crippen molar-refractivity contribution in [2.45, 2.75) is 39.1 Å². The van der Waals surface area contributed by atoms with Crippen molar-refractivity contribution in [2.75, 3.05) is 17.6 Å². The predicted molar refractivity (Wildman–Crippen MR) is 71.1 cm³/mol. The number of rotatable bonds is 6. The SMILES string of the molecule is CCNc1ncc(C)c(SCCC(C)C)n1. The zero-order valence-electron chi connectivity index (χ0n) is 10.6. The minimum atomic E-state index is 0.736. The standard InChI is InChI=1S/C12H21N3S/c1-5-13-12-14-8-10(4)11(15-12)16-7-6-9(2)3/h8-9H,5-7H2,1-4H3,(H,13,14,15). The third-order valence-corrected chi connectivity index (χ3v) is 3.32. The zero-order chi connectivity index (χ0) is 12.0. The van der Waals surface area contributed by atoms with Crippen LogP contribution in [0, 0.1) is 12.8 Å². The fourth-order valence-electron chi connectivity index (χ4n) is 1.21. The van der Waals surface area contributed by atoms with Gasteiger partial charge in [0.25, 0.3) is 0 Å². The van der Waals surface area contributed by atoms with E-state index in [1.54, 1.807) is 0 Å². The van der Waals surface area contributed by atoms with Crippen LogP contribution >= 0.6 is 11.8 Å². The number of anilines is 1. The number of hydrogen-bond donors (Lipinski definition) is 1. The highest BCUT2D eigenvalue weighted by atomic mass is 32.2. The number of hydrogen-bond acceptors (Lipinski definition) is 4. The van der Waals surface area contributed by atoms with Crippen molar-refractivity contribution in [3.8, 4) is 0 Å². The molecule has 16 heavy (non-hydrogen) atoms. The van der Waals surface area contributed by atoms with E-state index in [9.17, 15) is 0 Å². The third kappa shape index (κ3) is 4.39. The molecule has 0 amide bonds. The largest absolute Gasteiger partial charge is 0.354 e. The summed E-state index contributed by atoms with van der Waals surface area (Å²) in [5.74, 6) is 2.61. The third-order valence-electron chi connectivity index (χ3n) is 2.19. The van der Waals surface area contributed by atoms with Crippen molar-refractivity contribution in [1.82, 2.24) is 9.97 Å². The highest BCUT2D eigenvalue weighted by molar-refractivity contribution is 7.99. The van der Waals surface area contributed by atoms with Crippen LogP contribution in [0.2, 0.25) is 0 Å². The number of aromatic nitrogens is 2. The van der Waals surface area contributed by atoms with Crippen molar-refractivity contribution in [1.29, 1.82) is 0 Å².